The topological polar surface area (TPSA) is 35.5 Å². The maximum absolute atomic E-state index is 12.8. The zero-order valence-corrected chi connectivity index (χ0v) is 19.1. The van der Waals surface area contributed by atoms with Gasteiger partial charge in [0, 0.05) is 21.2 Å². The first-order chi connectivity index (χ1) is 14.8. The van der Waals surface area contributed by atoms with Crippen LogP contribution in [0.2, 0.25) is 10.0 Å². The molecule has 0 bridgehead atoms. The lowest BCUT2D eigenvalue weighted by Gasteiger charge is -2.12. The van der Waals surface area contributed by atoms with E-state index in [1.54, 1.807) is 30.3 Å². The number of ether oxygens (including phenoxy) is 2. The number of allylic oxidation sites excluding steroid dienone is 1. The Morgan fingerprint density at radius 3 is 2.45 bits per heavy atom. The molecule has 0 saturated heterocycles. The maximum atomic E-state index is 12.8. The zero-order valence-electron chi connectivity index (χ0n) is 17.5. The van der Waals surface area contributed by atoms with E-state index in [0.717, 1.165) is 16.7 Å². The molecule has 4 rings (SSSR count). The minimum atomic E-state index is -0.127. The van der Waals surface area contributed by atoms with Crippen LogP contribution in [0.1, 0.15) is 52.4 Å². The summed E-state index contributed by atoms with van der Waals surface area (Å²) in [5.74, 6) is 1.82. The quantitative estimate of drug-likeness (QED) is 0.373. The van der Waals surface area contributed by atoms with E-state index in [1.165, 1.54) is 5.56 Å². The molecule has 0 radical (unpaired) electrons. The molecule has 1 aliphatic heterocycles. The van der Waals surface area contributed by atoms with Gasteiger partial charge in [-0.1, -0.05) is 67.4 Å². The van der Waals surface area contributed by atoms with Gasteiger partial charge in [0.05, 0.1) is 5.56 Å². The second-order valence-electron chi connectivity index (χ2n) is 7.85. The van der Waals surface area contributed by atoms with Gasteiger partial charge in [-0.15, -0.1) is 0 Å². The van der Waals surface area contributed by atoms with Gasteiger partial charge in [-0.05, 0) is 54.3 Å². The summed E-state index contributed by atoms with van der Waals surface area (Å²) < 4.78 is 11.9. The van der Waals surface area contributed by atoms with Crippen LogP contribution in [-0.2, 0) is 6.61 Å². The van der Waals surface area contributed by atoms with Crippen molar-refractivity contribution in [1.82, 2.24) is 0 Å². The molecule has 0 saturated carbocycles. The molecule has 3 aromatic rings. The first kappa shape index (κ1) is 21.5. The third-order valence-electron chi connectivity index (χ3n) is 5.34. The predicted molar refractivity (Wildman–Crippen MR) is 125 cm³/mol. The van der Waals surface area contributed by atoms with E-state index >= 15 is 0 Å². The lowest BCUT2D eigenvalue weighted by molar-refractivity contribution is 0.101. The summed E-state index contributed by atoms with van der Waals surface area (Å²) in [7, 11) is 0. The number of carbonyl (C=O) groups excluding carboxylic acids is 1. The van der Waals surface area contributed by atoms with E-state index in [9.17, 15) is 4.79 Å². The van der Waals surface area contributed by atoms with E-state index in [4.69, 9.17) is 32.7 Å². The van der Waals surface area contributed by atoms with E-state index in [-0.39, 0.29) is 12.4 Å². The average molecular weight is 453 g/mol. The Labute approximate surface area is 192 Å². The molecule has 5 heteroatoms. The van der Waals surface area contributed by atoms with Gasteiger partial charge >= 0.3 is 0 Å². The highest BCUT2D eigenvalue weighted by Gasteiger charge is 2.30. The minimum absolute atomic E-state index is 0.127. The number of carbonyl (C=O) groups is 1. The van der Waals surface area contributed by atoms with Gasteiger partial charge in [0.2, 0.25) is 5.78 Å². The fraction of sp³-hybridized carbons (Fsp3) is 0.192. The molecule has 3 aromatic carbocycles. The molecule has 0 spiro atoms. The third-order valence-corrected chi connectivity index (χ3v) is 5.92. The maximum Gasteiger partial charge on any atom is 0.231 e. The van der Waals surface area contributed by atoms with Crippen LogP contribution in [0.3, 0.4) is 0 Å². The van der Waals surface area contributed by atoms with Gasteiger partial charge in [0.25, 0.3) is 0 Å². The molecule has 0 aliphatic carbocycles. The highest BCUT2D eigenvalue weighted by molar-refractivity contribution is 6.35. The van der Waals surface area contributed by atoms with Gasteiger partial charge in [-0.25, -0.2) is 0 Å². The molecule has 1 aliphatic rings. The van der Waals surface area contributed by atoms with Crippen LogP contribution in [0.4, 0.5) is 0 Å². The van der Waals surface area contributed by atoms with Gasteiger partial charge in [-0.3, -0.25) is 4.79 Å². The predicted octanol–water partition coefficient (Wildman–Crippen LogP) is 7.62. The number of fused-ring (bicyclic) bond motifs is 1. The molecule has 0 aromatic heterocycles. The number of Topliss-reactive ketones (excluding diaryl/α,β-unsaturated/α-hetero) is 1. The van der Waals surface area contributed by atoms with E-state index in [2.05, 4.69) is 26.0 Å². The van der Waals surface area contributed by atoms with Gasteiger partial charge in [-0.2, -0.15) is 0 Å². The van der Waals surface area contributed by atoms with Crippen LogP contribution in [-0.4, -0.2) is 5.78 Å². The largest absolute Gasteiger partial charge is 0.488 e. The van der Waals surface area contributed by atoms with Gasteiger partial charge in [0.1, 0.15) is 18.1 Å². The van der Waals surface area contributed by atoms with E-state index in [0.29, 0.717) is 38.8 Å². The van der Waals surface area contributed by atoms with Crippen molar-refractivity contribution in [3.63, 3.8) is 0 Å². The molecular formula is C26H22Cl2O3. The summed E-state index contributed by atoms with van der Waals surface area (Å²) in [5.41, 5.74) is 4.32. The fourth-order valence-electron chi connectivity index (χ4n) is 3.45. The molecule has 0 N–H and O–H groups in total. The molecular weight excluding hydrogens is 431 g/mol. The van der Waals surface area contributed by atoms with Crippen molar-refractivity contribution in [2.75, 3.05) is 0 Å². The smallest absolute Gasteiger partial charge is 0.231 e. The Morgan fingerprint density at radius 2 is 1.77 bits per heavy atom. The number of benzene rings is 3. The van der Waals surface area contributed by atoms with Crippen molar-refractivity contribution < 1.29 is 14.3 Å². The molecule has 31 heavy (non-hydrogen) atoms. The summed E-state index contributed by atoms with van der Waals surface area (Å²) in [6.07, 6.45) is 1.78. The summed E-state index contributed by atoms with van der Waals surface area (Å²) >= 11 is 12.2. The van der Waals surface area contributed by atoms with E-state index < -0.39 is 0 Å². The van der Waals surface area contributed by atoms with Gasteiger partial charge < -0.3 is 9.47 Å². The normalized spacial score (nSPS) is 14.1. The Morgan fingerprint density at radius 1 is 1.03 bits per heavy atom. The molecule has 0 amide bonds. The Balaban J connectivity index is 1.54. The van der Waals surface area contributed by atoms with Crippen LogP contribution in [0.25, 0.3) is 6.08 Å². The molecule has 158 valence electrons. The summed E-state index contributed by atoms with van der Waals surface area (Å²) in [4.78, 5) is 12.8. The van der Waals surface area contributed by atoms with Crippen molar-refractivity contribution in [3.05, 3.63) is 98.2 Å². The van der Waals surface area contributed by atoms with Crippen LogP contribution < -0.4 is 9.47 Å². The standard InChI is InChI=1S/C26H22Cl2O3/c1-15(2)18-6-4-17(5-7-18)12-24-25(29)21-10-11-23(16(3)26(21)31-24)30-14-19-8-9-20(27)13-22(19)28/h4-13,15H,14H2,1-3H3/b24-12-. The fourth-order valence-corrected chi connectivity index (χ4v) is 3.91. The average Bonchev–Trinajstić information content (AvgIpc) is 3.05. The second kappa shape index (κ2) is 8.78. The molecule has 3 nitrogen and oxygen atoms in total. The monoisotopic (exact) mass is 452 g/mol. The number of hydrogen-bond acceptors (Lipinski definition) is 3. The zero-order chi connectivity index (χ0) is 22.1. The summed E-state index contributed by atoms with van der Waals surface area (Å²) in [6, 6.07) is 17.0. The molecule has 0 unspecified atom stereocenters. The number of rotatable bonds is 5. The van der Waals surface area contributed by atoms with Crippen LogP contribution in [0.5, 0.6) is 11.5 Å². The molecule has 0 atom stereocenters. The first-order valence-electron chi connectivity index (χ1n) is 10.1. The highest BCUT2D eigenvalue weighted by atomic mass is 35.5. The lowest BCUT2D eigenvalue weighted by atomic mass is 10.0. The van der Waals surface area contributed by atoms with Crippen molar-refractivity contribution in [3.8, 4) is 11.5 Å². The minimum Gasteiger partial charge on any atom is -0.488 e. The van der Waals surface area contributed by atoms with Crippen molar-refractivity contribution in [2.24, 2.45) is 0 Å². The van der Waals surface area contributed by atoms with Crippen LogP contribution in [0, 0.1) is 6.92 Å². The molecule has 0 fully saturated rings. The Hall–Kier alpha value is -2.75. The number of halogens is 2. The number of ketones is 1. The highest BCUT2D eigenvalue weighted by Crippen LogP contribution is 2.39. The van der Waals surface area contributed by atoms with Crippen LogP contribution >= 0.6 is 23.2 Å². The number of hydrogen-bond donors (Lipinski definition) is 0. The summed E-state index contributed by atoms with van der Waals surface area (Å²) in [5, 5.41) is 1.12. The van der Waals surface area contributed by atoms with Crippen molar-refractivity contribution >= 4 is 35.1 Å². The van der Waals surface area contributed by atoms with Crippen molar-refractivity contribution in [1.29, 1.82) is 0 Å². The lowest BCUT2D eigenvalue weighted by Crippen LogP contribution is -1.99. The Kier molecular flexibility index (Phi) is 6.08. The van der Waals surface area contributed by atoms with Crippen LogP contribution in [0.15, 0.2) is 60.4 Å². The van der Waals surface area contributed by atoms with Crippen molar-refractivity contribution in [2.45, 2.75) is 33.3 Å². The SMILES string of the molecule is Cc1c(OCc2ccc(Cl)cc2Cl)ccc2c1O/C(=C\c1ccc(C(C)C)cc1)C2=O. The Bertz CT molecular complexity index is 1180. The second-order valence-corrected chi connectivity index (χ2v) is 8.69. The third kappa shape index (κ3) is 4.48. The molecule has 1 heterocycles. The summed E-state index contributed by atoms with van der Waals surface area (Å²) in [6.45, 7) is 6.47. The first-order valence-corrected chi connectivity index (χ1v) is 10.8. The van der Waals surface area contributed by atoms with Gasteiger partial charge in [0.15, 0.2) is 5.76 Å². The van der Waals surface area contributed by atoms with E-state index in [1.807, 2.05) is 25.1 Å².